The summed E-state index contributed by atoms with van der Waals surface area (Å²) in [4.78, 5) is 11.3. The number of rotatable bonds is 6. The fourth-order valence-corrected chi connectivity index (χ4v) is 4.72. The molecule has 4 rings (SSSR count). The van der Waals surface area contributed by atoms with Gasteiger partial charge in [0, 0.05) is 28.7 Å². The van der Waals surface area contributed by atoms with Crippen molar-refractivity contribution in [1.29, 1.82) is 0 Å². The van der Waals surface area contributed by atoms with Crippen LogP contribution >= 0.6 is 22.7 Å². The lowest BCUT2D eigenvalue weighted by Gasteiger charge is -2.07. The summed E-state index contributed by atoms with van der Waals surface area (Å²) in [5, 5.41) is 7.96. The molecule has 6 heteroatoms. The van der Waals surface area contributed by atoms with Crippen LogP contribution in [0.3, 0.4) is 0 Å². The van der Waals surface area contributed by atoms with Crippen LogP contribution in [0.25, 0.3) is 26.0 Å². The van der Waals surface area contributed by atoms with Gasteiger partial charge in [0.25, 0.3) is 0 Å². The molecule has 0 amide bonds. The molecule has 4 nitrogen and oxygen atoms in total. The molecule has 4 aromatic rings. The highest BCUT2D eigenvalue weighted by atomic mass is 32.1. The van der Waals surface area contributed by atoms with Crippen molar-refractivity contribution in [2.24, 2.45) is 0 Å². The van der Waals surface area contributed by atoms with Crippen LogP contribution in [0.5, 0.6) is 0 Å². The maximum absolute atomic E-state index is 4.57. The van der Waals surface area contributed by atoms with Crippen LogP contribution in [0.2, 0.25) is 0 Å². The van der Waals surface area contributed by atoms with Gasteiger partial charge in [-0.15, -0.1) is 22.7 Å². The molecule has 1 aromatic carbocycles. The van der Waals surface area contributed by atoms with Crippen molar-refractivity contribution in [2.75, 3.05) is 18.9 Å². The molecule has 0 unspecified atom stereocenters. The topological polar surface area (TPSA) is 49.8 Å². The maximum atomic E-state index is 4.57. The van der Waals surface area contributed by atoms with Crippen molar-refractivity contribution in [1.82, 2.24) is 15.3 Å². The first kappa shape index (κ1) is 17.1. The van der Waals surface area contributed by atoms with Crippen molar-refractivity contribution in [3.63, 3.8) is 0 Å². The SMILES string of the molecule is CC/C=C(\CNC)c1cc2c(Nc3ccc4scnc4c3)ccnc2s1. The highest BCUT2D eigenvalue weighted by Crippen LogP contribution is 2.35. The Bertz CT molecular complexity index is 1080. The summed E-state index contributed by atoms with van der Waals surface area (Å²) < 4.78 is 1.20. The summed E-state index contributed by atoms with van der Waals surface area (Å²) in [5.41, 5.74) is 6.36. The number of hydrogen-bond donors (Lipinski definition) is 2. The highest BCUT2D eigenvalue weighted by molar-refractivity contribution is 7.19. The molecule has 0 fully saturated rings. The highest BCUT2D eigenvalue weighted by Gasteiger charge is 2.11. The van der Waals surface area contributed by atoms with Gasteiger partial charge in [0.1, 0.15) is 4.83 Å². The van der Waals surface area contributed by atoms with Gasteiger partial charge in [-0.1, -0.05) is 13.0 Å². The number of likely N-dealkylation sites (N-methyl/N-ethyl adjacent to an activating group) is 1. The third-order valence-electron chi connectivity index (χ3n) is 4.18. The molecule has 0 radical (unpaired) electrons. The normalized spacial score (nSPS) is 12.2. The molecule has 3 aromatic heterocycles. The lowest BCUT2D eigenvalue weighted by molar-refractivity contribution is 0.930. The zero-order valence-electron chi connectivity index (χ0n) is 14.7. The van der Waals surface area contributed by atoms with E-state index in [0.717, 1.165) is 40.1 Å². The van der Waals surface area contributed by atoms with Crippen LogP contribution in [0, 0.1) is 0 Å². The number of anilines is 2. The van der Waals surface area contributed by atoms with E-state index in [4.69, 9.17) is 0 Å². The molecule has 0 aliphatic rings. The van der Waals surface area contributed by atoms with E-state index >= 15 is 0 Å². The minimum absolute atomic E-state index is 0.865. The van der Waals surface area contributed by atoms with Crippen molar-refractivity contribution < 1.29 is 0 Å². The van der Waals surface area contributed by atoms with Crippen LogP contribution in [-0.2, 0) is 0 Å². The van der Waals surface area contributed by atoms with E-state index in [9.17, 15) is 0 Å². The molecule has 0 spiro atoms. The molecule has 0 bridgehead atoms. The Hall–Kier alpha value is -2.28. The Kier molecular flexibility index (Phi) is 4.97. The van der Waals surface area contributed by atoms with E-state index < -0.39 is 0 Å². The van der Waals surface area contributed by atoms with E-state index in [1.165, 1.54) is 15.2 Å². The molecule has 26 heavy (non-hydrogen) atoms. The standard InChI is InChI=1S/C20H20N4S2/c1-3-4-13(11-21-2)19-10-15-16(7-8-22-20(15)26-19)24-14-5-6-18-17(9-14)23-12-25-18/h4-10,12,21H,3,11H2,1-2H3,(H,22,24)/b13-4+. The van der Waals surface area contributed by atoms with Gasteiger partial charge in [-0.05, 0) is 49.4 Å². The Morgan fingerprint density at radius 2 is 2.12 bits per heavy atom. The molecule has 0 aliphatic carbocycles. The summed E-state index contributed by atoms with van der Waals surface area (Å²) in [6.45, 7) is 3.03. The summed E-state index contributed by atoms with van der Waals surface area (Å²) >= 11 is 3.41. The molecule has 0 saturated heterocycles. The number of thiophene rings is 1. The van der Waals surface area contributed by atoms with E-state index in [1.807, 2.05) is 24.8 Å². The first-order valence-electron chi connectivity index (χ1n) is 8.61. The van der Waals surface area contributed by atoms with Crippen molar-refractivity contribution in [2.45, 2.75) is 13.3 Å². The third kappa shape index (κ3) is 3.35. The zero-order chi connectivity index (χ0) is 17.9. The number of fused-ring (bicyclic) bond motifs is 2. The maximum Gasteiger partial charge on any atom is 0.125 e. The van der Waals surface area contributed by atoms with Gasteiger partial charge in [0.15, 0.2) is 0 Å². The van der Waals surface area contributed by atoms with E-state index in [-0.39, 0.29) is 0 Å². The smallest absolute Gasteiger partial charge is 0.125 e. The number of pyridine rings is 1. The number of hydrogen-bond acceptors (Lipinski definition) is 6. The van der Waals surface area contributed by atoms with Gasteiger partial charge in [-0.2, -0.15) is 0 Å². The Balaban J connectivity index is 1.72. The first-order chi connectivity index (χ1) is 12.8. The number of nitrogens with zero attached hydrogens (tertiary/aromatic N) is 2. The molecule has 0 atom stereocenters. The fraction of sp³-hybridized carbons (Fsp3) is 0.200. The van der Waals surface area contributed by atoms with Crippen LogP contribution in [0.15, 0.2) is 48.1 Å². The van der Waals surface area contributed by atoms with E-state index in [2.05, 4.69) is 57.9 Å². The second kappa shape index (κ2) is 7.53. The quantitative estimate of drug-likeness (QED) is 0.453. The Labute approximate surface area is 160 Å². The van der Waals surface area contributed by atoms with Crippen LogP contribution in [-0.4, -0.2) is 23.6 Å². The molecule has 3 heterocycles. The molecule has 0 aliphatic heterocycles. The summed E-state index contributed by atoms with van der Waals surface area (Å²) in [5.74, 6) is 0. The van der Waals surface area contributed by atoms with Gasteiger partial charge in [0.2, 0.25) is 0 Å². The van der Waals surface area contributed by atoms with Crippen molar-refractivity contribution >= 4 is 60.1 Å². The average Bonchev–Trinajstić information content (AvgIpc) is 3.28. The number of benzene rings is 1. The van der Waals surface area contributed by atoms with Crippen molar-refractivity contribution in [3.8, 4) is 0 Å². The lowest BCUT2D eigenvalue weighted by atomic mass is 10.1. The summed E-state index contributed by atoms with van der Waals surface area (Å²) in [6.07, 6.45) is 5.18. The fourth-order valence-electron chi connectivity index (χ4n) is 2.99. The van der Waals surface area contributed by atoms with Gasteiger partial charge >= 0.3 is 0 Å². The predicted molar refractivity (Wildman–Crippen MR) is 115 cm³/mol. The predicted octanol–water partition coefficient (Wildman–Crippen LogP) is 5.66. The number of aromatic nitrogens is 2. The van der Waals surface area contributed by atoms with Gasteiger partial charge in [-0.25, -0.2) is 9.97 Å². The van der Waals surface area contributed by atoms with Crippen molar-refractivity contribution in [3.05, 3.63) is 53.0 Å². The first-order valence-corrected chi connectivity index (χ1v) is 10.3. The summed E-state index contributed by atoms with van der Waals surface area (Å²) in [7, 11) is 1.98. The van der Waals surface area contributed by atoms with Gasteiger partial charge in [0.05, 0.1) is 21.4 Å². The molecular weight excluding hydrogens is 360 g/mol. The minimum Gasteiger partial charge on any atom is -0.355 e. The second-order valence-electron chi connectivity index (χ2n) is 6.02. The van der Waals surface area contributed by atoms with Gasteiger partial charge < -0.3 is 10.6 Å². The zero-order valence-corrected chi connectivity index (χ0v) is 16.4. The average molecular weight is 381 g/mol. The minimum atomic E-state index is 0.865. The number of allylic oxidation sites excluding steroid dienone is 1. The largest absolute Gasteiger partial charge is 0.355 e. The number of thiazole rings is 1. The molecule has 2 N–H and O–H groups in total. The Morgan fingerprint density at radius 1 is 1.19 bits per heavy atom. The molecule has 132 valence electrons. The number of nitrogens with one attached hydrogen (secondary N) is 2. The van der Waals surface area contributed by atoms with Crippen LogP contribution < -0.4 is 10.6 Å². The molecular formula is C20H20N4S2. The lowest BCUT2D eigenvalue weighted by Crippen LogP contribution is -2.08. The third-order valence-corrected chi connectivity index (χ3v) is 6.11. The summed E-state index contributed by atoms with van der Waals surface area (Å²) in [6, 6.07) is 10.6. The van der Waals surface area contributed by atoms with Crippen LogP contribution in [0.1, 0.15) is 18.2 Å². The van der Waals surface area contributed by atoms with E-state index in [0.29, 0.717) is 0 Å². The Morgan fingerprint density at radius 3 is 2.96 bits per heavy atom. The van der Waals surface area contributed by atoms with Crippen LogP contribution in [0.4, 0.5) is 11.4 Å². The van der Waals surface area contributed by atoms with E-state index in [1.54, 1.807) is 22.7 Å². The molecule has 0 saturated carbocycles. The monoisotopic (exact) mass is 380 g/mol. The second-order valence-corrected chi connectivity index (χ2v) is 7.93. The van der Waals surface area contributed by atoms with Gasteiger partial charge in [-0.3, -0.25) is 0 Å².